The monoisotopic (exact) mass is 632 g/mol. The Labute approximate surface area is 270 Å². The summed E-state index contributed by atoms with van der Waals surface area (Å²) in [5.41, 5.74) is 5.20. The number of allylic oxidation sites excluding steroid dienone is 1. The van der Waals surface area contributed by atoms with Gasteiger partial charge in [0.15, 0.2) is 0 Å². The third kappa shape index (κ3) is 6.79. The van der Waals surface area contributed by atoms with Crippen LogP contribution in [0.25, 0.3) is 6.08 Å². The van der Waals surface area contributed by atoms with Gasteiger partial charge >= 0.3 is 7.12 Å². The molecule has 0 bridgehead atoms. The molecule has 8 nitrogen and oxygen atoms in total. The molecule has 238 valence electrons. The average molecular weight is 633 g/mol. The van der Waals surface area contributed by atoms with Gasteiger partial charge < -0.3 is 19.5 Å². The highest BCUT2D eigenvalue weighted by molar-refractivity contribution is 6.43. The van der Waals surface area contributed by atoms with Gasteiger partial charge in [0.05, 0.1) is 29.6 Å². The number of benzene rings is 2. The minimum absolute atomic E-state index is 0.0683. The van der Waals surface area contributed by atoms with E-state index in [0.29, 0.717) is 37.2 Å². The summed E-state index contributed by atoms with van der Waals surface area (Å²) in [6.07, 6.45) is 5.20. The molecule has 4 atom stereocenters. The molecular formula is C35H42BClN2O6. The molecule has 3 saturated heterocycles. The van der Waals surface area contributed by atoms with E-state index in [2.05, 4.69) is 29.2 Å². The van der Waals surface area contributed by atoms with Crippen molar-refractivity contribution >= 4 is 36.6 Å². The average Bonchev–Trinajstić information content (AvgIpc) is 3.27. The lowest BCUT2D eigenvalue weighted by Crippen LogP contribution is -2.48. The molecule has 2 amide bonds. The number of phenolic OH excluding ortho intramolecular Hbond substituents is 1. The number of methoxy groups -OCH3 is 1. The van der Waals surface area contributed by atoms with Crippen LogP contribution in [0.3, 0.4) is 0 Å². The Morgan fingerprint density at radius 2 is 1.87 bits per heavy atom. The van der Waals surface area contributed by atoms with Crippen molar-refractivity contribution in [2.24, 2.45) is 17.8 Å². The van der Waals surface area contributed by atoms with E-state index in [4.69, 9.17) is 21.0 Å². The summed E-state index contributed by atoms with van der Waals surface area (Å²) in [5.74, 6) is -1.21. The second-order valence-electron chi connectivity index (χ2n) is 13.0. The number of hydrogen-bond donors (Lipinski definition) is 2. The maximum absolute atomic E-state index is 14.2. The normalized spacial score (nSPS) is 26.4. The van der Waals surface area contributed by atoms with E-state index >= 15 is 0 Å². The molecule has 2 aromatic carbocycles. The van der Waals surface area contributed by atoms with Gasteiger partial charge in [0.1, 0.15) is 5.75 Å². The molecule has 4 aliphatic rings. The van der Waals surface area contributed by atoms with E-state index in [-0.39, 0.29) is 35.6 Å². The smallest absolute Gasteiger partial charge is 0.455 e. The number of likely N-dealkylation sites (tertiary alicyclic amines) is 2. The number of carbonyl (C=O) groups excluding carboxylic acids is 2. The zero-order valence-electron chi connectivity index (χ0n) is 26.0. The van der Waals surface area contributed by atoms with Crippen molar-refractivity contribution in [3.05, 3.63) is 81.4 Å². The van der Waals surface area contributed by atoms with Gasteiger partial charge in [-0.2, -0.15) is 0 Å². The number of halogens is 1. The number of phenols is 1. The Bertz CT molecular complexity index is 1470. The number of ether oxygens (including phenoxy) is 1. The zero-order chi connectivity index (χ0) is 31.7. The first-order chi connectivity index (χ1) is 21.7. The van der Waals surface area contributed by atoms with Crippen molar-refractivity contribution in [3.8, 4) is 5.75 Å². The summed E-state index contributed by atoms with van der Waals surface area (Å²) in [6, 6.07) is 15.2. The molecule has 0 aromatic heterocycles. The van der Waals surface area contributed by atoms with Crippen LogP contribution in [0.5, 0.6) is 5.75 Å². The molecule has 6 rings (SSSR count). The van der Waals surface area contributed by atoms with E-state index in [9.17, 15) is 19.7 Å². The molecule has 45 heavy (non-hydrogen) atoms. The predicted molar refractivity (Wildman–Crippen MR) is 174 cm³/mol. The van der Waals surface area contributed by atoms with Gasteiger partial charge in [-0.3, -0.25) is 19.4 Å². The van der Waals surface area contributed by atoms with Crippen LogP contribution >= 0.6 is 11.6 Å². The Morgan fingerprint density at radius 3 is 2.58 bits per heavy atom. The van der Waals surface area contributed by atoms with Gasteiger partial charge in [-0.25, -0.2) is 0 Å². The van der Waals surface area contributed by atoms with E-state index in [0.717, 1.165) is 54.8 Å². The molecule has 2 aromatic rings. The topological polar surface area (TPSA) is 99.5 Å². The van der Waals surface area contributed by atoms with Crippen molar-refractivity contribution in [3.63, 3.8) is 0 Å². The number of carbonyl (C=O) groups is 2. The molecular weight excluding hydrogens is 591 g/mol. The summed E-state index contributed by atoms with van der Waals surface area (Å²) in [4.78, 5) is 32.1. The maximum Gasteiger partial charge on any atom is 0.455 e. The van der Waals surface area contributed by atoms with Crippen molar-refractivity contribution in [1.82, 2.24) is 9.80 Å². The molecule has 0 spiro atoms. The Morgan fingerprint density at radius 1 is 1.11 bits per heavy atom. The SMILES string of the molecule is COCC1=C2[C@@H](CC/C(C)=C/c3ccc(O)cc3Cl)OB(O)C[C@@H]2[C@@H]2C(=O)N(C3CCN(Cc4ccccc4)CC3)C(=O)[C@@H]2C1. The van der Waals surface area contributed by atoms with E-state index in [1.54, 1.807) is 24.1 Å². The van der Waals surface area contributed by atoms with Crippen LogP contribution in [0, 0.1) is 17.8 Å². The zero-order valence-corrected chi connectivity index (χ0v) is 26.8. The van der Waals surface area contributed by atoms with Crippen molar-refractivity contribution in [2.75, 3.05) is 26.8 Å². The number of nitrogens with zero attached hydrogens (tertiary/aromatic N) is 2. The number of imide groups is 1. The van der Waals surface area contributed by atoms with Crippen LogP contribution in [0.2, 0.25) is 11.3 Å². The molecule has 3 fully saturated rings. The minimum atomic E-state index is -1.01. The fourth-order valence-corrected chi connectivity index (χ4v) is 8.19. The quantitative estimate of drug-likeness (QED) is 0.219. The summed E-state index contributed by atoms with van der Waals surface area (Å²) in [6.45, 7) is 4.92. The first-order valence-electron chi connectivity index (χ1n) is 16.1. The molecule has 1 aliphatic carbocycles. The van der Waals surface area contributed by atoms with E-state index < -0.39 is 19.0 Å². The minimum Gasteiger partial charge on any atom is -0.508 e. The highest BCUT2D eigenvalue weighted by atomic mass is 35.5. The summed E-state index contributed by atoms with van der Waals surface area (Å²) in [7, 11) is 0.633. The maximum atomic E-state index is 14.2. The highest BCUT2D eigenvalue weighted by Crippen LogP contribution is 2.51. The number of amides is 2. The molecule has 10 heteroatoms. The lowest BCUT2D eigenvalue weighted by Gasteiger charge is -2.43. The van der Waals surface area contributed by atoms with Gasteiger partial charge in [-0.05, 0) is 91.7 Å². The lowest BCUT2D eigenvalue weighted by atomic mass is 9.58. The van der Waals surface area contributed by atoms with Crippen LogP contribution in [0.4, 0.5) is 0 Å². The van der Waals surface area contributed by atoms with Gasteiger partial charge in [0.25, 0.3) is 0 Å². The molecule has 3 aliphatic heterocycles. The Kier molecular flexibility index (Phi) is 9.83. The lowest BCUT2D eigenvalue weighted by molar-refractivity contribution is -0.144. The molecule has 0 radical (unpaired) electrons. The molecule has 0 unspecified atom stereocenters. The number of fused-ring (bicyclic) bond motifs is 3. The first kappa shape index (κ1) is 32.0. The first-order valence-corrected chi connectivity index (χ1v) is 16.4. The fraction of sp³-hybridized carbons (Fsp3) is 0.486. The third-order valence-corrected chi connectivity index (χ3v) is 10.3. The van der Waals surface area contributed by atoms with E-state index in [1.807, 2.05) is 19.1 Å². The van der Waals surface area contributed by atoms with Crippen LogP contribution in [0.15, 0.2) is 65.3 Å². The van der Waals surface area contributed by atoms with Crippen molar-refractivity contribution in [2.45, 2.75) is 64.0 Å². The second-order valence-corrected chi connectivity index (χ2v) is 13.4. The number of piperidine rings is 1. The molecule has 0 saturated carbocycles. The number of hydrogen-bond acceptors (Lipinski definition) is 7. The summed E-state index contributed by atoms with van der Waals surface area (Å²) in [5, 5.41) is 21.0. The standard InChI is InChI=1S/C35H42BClN2O6/c1-22(16-24-9-10-27(40)18-30(24)37)8-11-31-32-25(21-44-2)17-28-33(29(32)19-36(43)45-31)35(42)39(34(28)41)26-12-14-38(15-13-26)20-23-6-4-3-5-7-23/h3-7,9-10,16,18,26,28-29,31,33,40,43H,8,11-15,17,19-21H2,1-2H3/b22-16+/t28-,29+,31-,33-/m1/s1. The van der Waals surface area contributed by atoms with Gasteiger partial charge in [0.2, 0.25) is 11.8 Å². The number of rotatable bonds is 9. The second kappa shape index (κ2) is 13.8. The summed E-state index contributed by atoms with van der Waals surface area (Å²) >= 11 is 6.32. The van der Waals surface area contributed by atoms with Gasteiger partial charge in [-0.1, -0.05) is 53.6 Å². The fourth-order valence-electron chi connectivity index (χ4n) is 7.96. The van der Waals surface area contributed by atoms with Crippen molar-refractivity contribution in [1.29, 1.82) is 0 Å². The van der Waals surface area contributed by atoms with Crippen molar-refractivity contribution < 1.29 is 29.1 Å². The van der Waals surface area contributed by atoms with Crippen LogP contribution < -0.4 is 0 Å². The number of aromatic hydroxyl groups is 1. The van der Waals surface area contributed by atoms with Crippen LogP contribution in [0.1, 0.15) is 50.2 Å². The van der Waals surface area contributed by atoms with Gasteiger partial charge in [0, 0.05) is 32.8 Å². The third-order valence-electron chi connectivity index (χ3n) is 10.0. The highest BCUT2D eigenvalue weighted by Gasteiger charge is 2.58. The van der Waals surface area contributed by atoms with Crippen LogP contribution in [-0.2, 0) is 25.5 Å². The van der Waals surface area contributed by atoms with E-state index in [1.165, 1.54) is 11.6 Å². The van der Waals surface area contributed by atoms with Crippen LogP contribution in [-0.4, -0.2) is 77.8 Å². The van der Waals surface area contributed by atoms with Gasteiger partial charge in [-0.15, -0.1) is 0 Å². The predicted octanol–water partition coefficient (Wildman–Crippen LogP) is 5.34. The Balaban J connectivity index is 1.17. The molecule has 3 heterocycles. The largest absolute Gasteiger partial charge is 0.508 e. The molecule has 2 N–H and O–H groups in total. The Hall–Kier alpha value is -2.95. The summed E-state index contributed by atoms with van der Waals surface area (Å²) < 4.78 is 11.7.